The molecule has 180 valence electrons. The van der Waals surface area contributed by atoms with E-state index in [-0.39, 0.29) is 5.56 Å². The van der Waals surface area contributed by atoms with Crippen LogP contribution in [-0.4, -0.2) is 62.0 Å². The van der Waals surface area contributed by atoms with Gasteiger partial charge in [-0.05, 0) is 37.1 Å². The van der Waals surface area contributed by atoms with Crippen LogP contribution in [0.2, 0.25) is 0 Å². The Balaban J connectivity index is 1.34. The highest BCUT2D eigenvalue weighted by atomic mass is 16.5. The number of fused-ring (bicyclic) bond motifs is 4. The van der Waals surface area contributed by atoms with Crippen molar-refractivity contribution in [2.24, 2.45) is 5.92 Å². The molecule has 3 heterocycles. The largest absolute Gasteiger partial charge is 0.496 e. The van der Waals surface area contributed by atoms with Gasteiger partial charge in [-0.25, -0.2) is 4.79 Å². The maximum Gasteiger partial charge on any atom is 0.328 e. The fraction of sp³-hybridized carbons (Fsp3) is 0.440. The summed E-state index contributed by atoms with van der Waals surface area (Å²) < 4.78 is 23.5. The fourth-order valence-corrected chi connectivity index (χ4v) is 5.27. The van der Waals surface area contributed by atoms with E-state index >= 15 is 0 Å². The number of benzene rings is 2. The van der Waals surface area contributed by atoms with Crippen LogP contribution in [0.15, 0.2) is 39.9 Å². The average molecular weight is 468 g/mol. The Kier molecular flexibility index (Phi) is 5.95. The van der Waals surface area contributed by atoms with E-state index in [0.717, 1.165) is 36.6 Å². The number of aromatic nitrogens is 2. The normalized spacial score (nSPS) is 19.7. The van der Waals surface area contributed by atoms with E-state index in [1.807, 2.05) is 18.2 Å². The second-order valence-corrected chi connectivity index (χ2v) is 8.78. The van der Waals surface area contributed by atoms with E-state index in [9.17, 15) is 9.59 Å². The highest BCUT2D eigenvalue weighted by Gasteiger charge is 2.37. The number of nitrogens with zero attached hydrogens (tertiary/aromatic N) is 2. The Bertz CT molecular complexity index is 1320. The highest BCUT2D eigenvalue weighted by molar-refractivity contribution is 5.81. The summed E-state index contributed by atoms with van der Waals surface area (Å²) >= 11 is 0. The van der Waals surface area contributed by atoms with Gasteiger partial charge in [0.1, 0.15) is 11.5 Å². The van der Waals surface area contributed by atoms with E-state index in [2.05, 4.69) is 9.88 Å². The molecule has 0 radical (unpaired) electrons. The maximum atomic E-state index is 13.1. The summed E-state index contributed by atoms with van der Waals surface area (Å²) in [5.41, 5.74) is 0.817. The molecule has 2 aliphatic rings. The summed E-state index contributed by atoms with van der Waals surface area (Å²) in [6, 6.07) is 9.17. The predicted molar refractivity (Wildman–Crippen MR) is 128 cm³/mol. The van der Waals surface area contributed by atoms with Gasteiger partial charge < -0.3 is 28.8 Å². The second-order valence-electron chi connectivity index (χ2n) is 8.78. The van der Waals surface area contributed by atoms with Crippen molar-refractivity contribution in [2.75, 3.05) is 47.6 Å². The molecule has 1 fully saturated rings. The minimum Gasteiger partial charge on any atom is -0.496 e. The van der Waals surface area contributed by atoms with Crippen LogP contribution in [0, 0.1) is 5.92 Å². The minimum absolute atomic E-state index is 0.302. The molecule has 1 aromatic heterocycles. The summed E-state index contributed by atoms with van der Waals surface area (Å²) in [4.78, 5) is 30.9. The molecule has 2 aliphatic heterocycles. The Morgan fingerprint density at radius 1 is 1.03 bits per heavy atom. The van der Waals surface area contributed by atoms with Crippen LogP contribution in [0.1, 0.15) is 17.9 Å². The molecule has 2 aromatic carbocycles. The third-order valence-electron chi connectivity index (χ3n) is 7.01. The molecule has 34 heavy (non-hydrogen) atoms. The molecule has 0 aliphatic carbocycles. The van der Waals surface area contributed by atoms with Crippen LogP contribution in [0.3, 0.4) is 0 Å². The number of likely N-dealkylation sites (tertiary alicyclic amines) is 1. The monoisotopic (exact) mass is 467 g/mol. The molecular weight excluding hydrogens is 438 g/mol. The predicted octanol–water partition coefficient (Wildman–Crippen LogP) is 2.21. The van der Waals surface area contributed by atoms with Crippen LogP contribution in [0.25, 0.3) is 10.9 Å². The van der Waals surface area contributed by atoms with Crippen molar-refractivity contribution < 1.29 is 18.9 Å². The topological polar surface area (TPSA) is 95.0 Å². The molecule has 9 heteroatoms. The van der Waals surface area contributed by atoms with E-state index in [1.54, 1.807) is 19.2 Å². The summed E-state index contributed by atoms with van der Waals surface area (Å²) in [6.45, 7) is 3.27. The van der Waals surface area contributed by atoms with Crippen LogP contribution >= 0.6 is 0 Å². The number of nitrogens with one attached hydrogen (secondary N) is 1. The number of methoxy groups -OCH3 is 3. The zero-order chi connectivity index (χ0) is 23.8. The number of ether oxygens (including phenoxy) is 4. The standard InChI is InChI=1S/C25H29N3O6/c1-31-19-5-4-6-20-23(19)16-7-8-27(13-15(16)14-34-20)9-10-28-24(29)17-11-21(32-2)22(33-3)12-18(17)26-25(28)30/h4-6,11-12,15-16H,7-10,13-14H2,1-3H3,(H,26,30)/t15-,16+/m1/s1. The Morgan fingerprint density at radius 3 is 2.56 bits per heavy atom. The number of hydrogen-bond acceptors (Lipinski definition) is 7. The first kappa shape index (κ1) is 22.3. The van der Waals surface area contributed by atoms with Crippen molar-refractivity contribution in [1.82, 2.24) is 14.5 Å². The molecule has 0 spiro atoms. The van der Waals surface area contributed by atoms with E-state index < -0.39 is 5.69 Å². The van der Waals surface area contributed by atoms with Gasteiger partial charge >= 0.3 is 5.69 Å². The van der Waals surface area contributed by atoms with E-state index in [0.29, 0.717) is 53.9 Å². The van der Waals surface area contributed by atoms with Crippen LogP contribution in [0.5, 0.6) is 23.0 Å². The fourth-order valence-electron chi connectivity index (χ4n) is 5.27. The molecule has 1 N–H and O–H groups in total. The number of hydrogen-bond donors (Lipinski definition) is 1. The molecule has 3 aromatic rings. The van der Waals surface area contributed by atoms with Crippen molar-refractivity contribution in [3.05, 3.63) is 56.7 Å². The molecule has 9 nitrogen and oxygen atoms in total. The molecule has 0 unspecified atom stereocenters. The van der Waals surface area contributed by atoms with Gasteiger partial charge in [-0.15, -0.1) is 0 Å². The van der Waals surface area contributed by atoms with Gasteiger partial charge in [-0.2, -0.15) is 0 Å². The van der Waals surface area contributed by atoms with Gasteiger partial charge in [0.15, 0.2) is 11.5 Å². The first-order chi connectivity index (χ1) is 16.5. The summed E-state index contributed by atoms with van der Waals surface area (Å²) in [5, 5.41) is 0.389. The SMILES string of the molecule is COc1cc2[nH]c(=O)n(CCN3CC[C@@H]4c5c(OC)cccc5OC[C@H]4C3)c(=O)c2cc1OC. The third kappa shape index (κ3) is 3.79. The lowest BCUT2D eigenvalue weighted by atomic mass is 9.78. The number of aromatic amines is 1. The van der Waals surface area contributed by atoms with Crippen LogP contribution in [-0.2, 0) is 6.54 Å². The summed E-state index contributed by atoms with van der Waals surface area (Å²) in [6.07, 6.45) is 0.974. The van der Waals surface area contributed by atoms with Crippen molar-refractivity contribution >= 4 is 10.9 Å². The van der Waals surface area contributed by atoms with E-state index in [1.165, 1.54) is 18.8 Å². The summed E-state index contributed by atoms with van der Waals surface area (Å²) in [5.74, 6) is 3.41. The Hall–Kier alpha value is -3.46. The quantitative estimate of drug-likeness (QED) is 0.594. The number of rotatable bonds is 6. The smallest absolute Gasteiger partial charge is 0.328 e. The van der Waals surface area contributed by atoms with Crippen LogP contribution < -0.4 is 30.2 Å². The average Bonchev–Trinajstić information content (AvgIpc) is 2.87. The molecule has 5 rings (SSSR count). The number of piperidine rings is 1. The number of H-pyrrole nitrogens is 1. The van der Waals surface area contributed by atoms with E-state index in [4.69, 9.17) is 18.9 Å². The van der Waals surface area contributed by atoms with Crippen molar-refractivity contribution in [3.63, 3.8) is 0 Å². The molecule has 2 atom stereocenters. The summed E-state index contributed by atoms with van der Waals surface area (Å²) in [7, 11) is 4.72. The Labute approximate surface area is 196 Å². The zero-order valence-electron chi connectivity index (χ0n) is 19.6. The highest BCUT2D eigenvalue weighted by Crippen LogP contribution is 2.46. The maximum absolute atomic E-state index is 13.1. The molecule has 0 bridgehead atoms. The Morgan fingerprint density at radius 2 is 1.79 bits per heavy atom. The zero-order valence-corrected chi connectivity index (χ0v) is 19.6. The van der Waals surface area contributed by atoms with Crippen molar-refractivity contribution in [1.29, 1.82) is 0 Å². The first-order valence-electron chi connectivity index (χ1n) is 11.4. The van der Waals surface area contributed by atoms with Gasteiger partial charge in [0.2, 0.25) is 0 Å². The first-order valence-corrected chi connectivity index (χ1v) is 11.4. The lowest BCUT2D eigenvalue weighted by Gasteiger charge is -2.42. The van der Waals surface area contributed by atoms with Crippen molar-refractivity contribution in [3.8, 4) is 23.0 Å². The molecule has 1 saturated heterocycles. The molecule has 0 saturated carbocycles. The molecular formula is C25H29N3O6. The second kappa shape index (κ2) is 9.06. The lowest BCUT2D eigenvalue weighted by Crippen LogP contribution is -2.46. The molecule has 0 amide bonds. The minimum atomic E-state index is -0.431. The van der Waals surface area contributed by atoms with Crippen LogP contribution in [0.4, 0.5) is 0 Å². The van der Waals surface area contributed by atoms with Gasteiger partial charge in [0, 0.05) is 37.2 Å². The van der Waals surface area contributed by atoms with Gasteiger partial charge in [-0.3, -0.25) is 9.36 Å². The van der Waals surface area contributed by atoms with Gasteiger partial charge in [0.25, 0.3) is 5.56 Å². The van der Waals surface area contributed by atoms with Gasteiger partial charge in [-0.1, -0.05) is 6.07 Å². The van der Waals surface area contributed by atoms with Crippen molar-refractivity contribution in [2.45, 2.75) is 18.9 Å². The lowest BCUT2D eigenvalue weighted by molar-refractivity contribution is 0.0890. The third-order valence-corrected chi connectivity index (χ3v) is 7.01. The van der Waals surface area contributed by atoms with Gasteiger partial charge in [0.05, 0.1) is 38.8 Å².